The molecular weight excluding hydrogens is 320 g/mol. The lowest BCUT2D eigenvalue weighted by Crippen LogP contribution is -2.35. The molecule has 3 N–H and O–H groups in total. The van der Waals surface area contributed by atoms with E-state index >= 15 is 0 Å². The van der Waals surface area contributed by atoms with Gasteiger partial charge in [0.25, 0.3) is 0 Å². The van der Waals surface area contributed by atoms with Gasteiger partial charge in [0.15, 0.2) is 0 Å². The third kappa shape index (κ3) is 5.04. The molecule has 25 heavy (non-hydrogen) atoms. The SMILES string of the molecule is Cc1cc(NC(=O)NCc2ccccc2CN2CCC(O)CC2)on1. The first kappa shape index (κ1) is 17.4. The first-order valence-corrected chi connectivity index (χ1v) is 8.55. The van der Waals surface area contributed by atoms with Crippen LogP contribution < -0.4 is 10.6 Å². The number of carbonyl (C=O) groups excluding carboxylic acids is 1. The molecule has 7 heteroatoms. The summed E-state index contributed by atoms with van der Waals surface area (Å²) in [6, 6.07) is 9.42. The average Bonchev–Trinajstić information content (AvgIpc) is 3.01. The minimum absolute atomic E-state index is 0.170. The van der Waals surface area contributed by atoms with E-state index < -0.39 is 0 Å². The van der Waals surface area contributed by atoms with Crippen molar-refractivity contribution in [2.24, 2.45) is 0 Å². The number of benzene rings is 1. The van der Waals surface area contributed by atoms with Crippen molar-refractivity contribution in [1.82, 2.24) is 15.4 Å². The van der Waals surface area contributed by atoms with E-state index in [0.29, 0.717) is 18.1 Å². The molecule has 1 aromatic carbocycles. The molecule has 2 aromatic rings. The smallest absolute Gasteiger partial charge is 0.321 e. The van der Waals surface area contributed by atoms with E-state index in [1.807, 2.05) is 18.2 Å². The minimum atomic E-state index is -0.327. The van der Waals surface area contributed by atoms with Gasteiger partial charge in [-0.3, -0.25) is 10.2 Å². The van der Waals surface area contributed by atoms with Crippen molar-refractivity contribution in [2.75, 3.05) is 18.4 Å². The number of nitrogens with zero attached hydrogens (tertiary/aromatic N) is 2. The summed E-state index contributed by atoms with van der Waals surface area (Å²) in [7, 11) is 0. The second-order valence-corrected chi connectivity index (χ2v) is 6.42. The van der Waals surface area contributed by atoms with E-state index in [1.54, 1.807) is 13.0 Å². The van der Waals surface area contributed by atoms with Crippen molar-refractivity contribution in [3.63, 3.8) is 0 Å². The Morgan fingerprint density at radius 1 is 1.32 bits per heavy atom. The average molecular weight is 344 g/mol. The molecule has 0 radical (unpaired) electrons. The Kier molecular flexibility index (Phi) is 5.67. The number of hydrogen-bond acceptors (Lipinski definition) is 5. The van der Waals surface area contributed by atoms with Crippen LogP contribution in [0.4, 0.5) is 10.7 Å². The molecule has 1 fully saturated rings. The Balaban J connectivity index is 1.54. The van der Waals surface area contributed by atoms with Crippen molar-refractivity contribution in [2.45, 2.75) is 39.0 Å². The summed E-state index contributed by atoms with van der Waals surface area (Å²) < 4.78 is 4.97. The van der Waals surface area contributed by atoms with Crippen molar-refractivity contribution in [1.29, 1.82) is 0 Å². The second kappa shape index (κ2) is 8.13. The Morgan fingerprint density at radius 3 is 2.72 bits per heavy atom. The molecule has 1 saturated heterocycles. The van der Waals surface area contributed by atoms with Gasteiger partial charge in [-0.15, -0.1) is 0 Å². The van der Waals surface area contributed by atoms with Gasteiger partial charge in [-0.2, -0.15) is 0 Å². The predicted octanol–water partition coefficient (Wildman–Crippen LogP) is 2.26. The van der Waals surface area contributed by atoms with Crippen LogP contribution in [0, 0.1) is 6.92 Å². The zero-order chi connectivity index (χ0) is 17.6. The summed E-state index contributed by atoms with van der Waals surface area (Å²) in [5.74, 6) is 0.329. The fourth-order valence-corrected chi connectivity index (χ4v) is 2.96. The third-order valence-corrected chi connectivity index (χ3v) is 4.37. The first-order valence-electron chi connectivity index (χ1n) is 8.55. The molecule has 1 aliphatic heterocycles. The normalized spacial score (nSPS) is 15.9. The molecule has 0 unspecified atom stereocenters. The van der Waals surface area contributed by atoms with Crippen molar-refractivity contribution >= 4 is 11.9 Å². The largest absolute Gasteiger partial charge is 0.393 e. The van der Waals surface area contributed by atoms with Crippen molar-refractivity contribution < 1.29 is 14.4 Å². The molecule has 2 heterocycles. The zero-order valence-electron chi connectivity index (χ0n) is 14.4. The molecule has 0 bridgehead atoms. The highest BCUT2D eigenvalue weighted by atomic mass is 16.5. The number of aliphatic hydroxyl groups is 1. The summed E-state index contributed by atoms with van der Waals surface area (Å²) in [5, 5.41) is 18.8. The molecular formula is C18H24N4O3. The van der Waals surface area contributed by atoms with Crippen LogP contribution in [0.5, 0.6) is 0 Å². The van der Waals surface area contributed by atoms with Crippen LogP contribution in [0.1, 0.15) is 29.7 Å². The number of amides is 2. The highest BCUT2D eigenvalue weighted by Gasteiger charge is 2.18. The minimum Gasteiger partial charge on any atom is -0.393 e. The predicted molar refractivity (Wildman–Crippen MR) is 94.1 cm³/mol. The van der Waals surface area contributed by atoms with Crippen LogP contribution in [-0.2, 0) is 13.1 Å². The van der Waals surface area contributed by atoms with Gasteiger partial charge < -0.3 is 14.9 Å². The highest BCUT2D eigenvalue weighted by molar-refractivity contribution is 5.87. The van der Waals surface area contributed by atoms with Crippen LogP contribution in [-0.4, -0.2) is 40.4 Å². The van der Waals surface area contributed by atoms with Crippen LogP contribution in [0.2, 0.25) is 0 Å². The zero-order valence-corrected chi connectivity index (χ0v) is 14.4. The molecule has 1 aliphatic rings. The van der Waals surface area contributed by atoms with Gasteiger partial charge in [0.1, 0.15) is 0 Å². The lowest BCUT2D eigenvalue weighted by molar-refractivity contribution is 0.0791. The summed E-state index contributed by atoms with van der Waals surface area (Å²) in [4.78, 5) is 14.3. The molecule has 134 valence electrons. The summed E-state index contributed by atoms with van der Waals surface area (Å²) >= 11 is 0. The van der Waals surface area contributed by atoms with Gasteiger partial charge in [0, 0.05) is 32.2 Å². The van der Waals surface area contributed by atoms with Crippen molar-refractivity contribution in [3.05, 3.63) is 47.2 Å². The van der Waals surface area contributed by atoms with Gasteiger partial charge in [-0.1, -0.05) is 29.4 Å². The fraction of sp³-hybridized carbons (Fsp3) is 0.444. The van der Waals surface area contributed by atoms with Gasteiger partial charge >= 0.3 is 6.03 Å². The van der Waals surface area contributed by atoms with Crippen molar-refractivity contribution in [3.8, 4) is 0 Å². The molecule has 0 spiro atoms. The topological polar surface area (TPSA) is 90.6 Å². The number of hydrogen-bond donors (Lipinski definition) is 3. The number of aliphatic hydroxyl groups excluding tert-OH is 1. The number of carbonyl (C=O) groups is 1. The van der Waals surface area contributed by atoms with Crippen LogP contribution in [0.25, 0.3) is 0 Å². The third-order valence-electron chi connectivity index (χ3n) is 4.37. The maximum atomic E-state index is 12.0. The molecule has 2 amide bonds. The van der Waals surface area contributed by atoms with E-state index in [4.69, 9.17) is 4.52 Å². The monoisotopic (exact) mass is 344 g/mol. The number of anilines is 1. The van der Waals surface area contributed by atoms with Gasteiger partial charge in [0.2, 0.25) is 5.88 Å². The maximum Gasteiger partial charge on any atom is 0.321 e. The number of aryl methyl sites for hydroxylation is 1. The number of aromatic nitrogens is 1. The van der Waals surface area contributed by atoms with Gasteiger partial charge in [-0.05, 0) is 30.9 Å². The van der Waals surface area contributed by atoms with Gasteiger partial charge in [-0.25, -0.2) is 4.79 Å². The standard InChI is InChI=1S/C18H24N4O3/c1-13-10-17(25-21-13)20-18(24)19-11-14-4-2-3-5-15(14)12-22-8-6-16(23)7-9-22/h2-5,10,16,23H,6-9,11-12H2,1H3,(H2,19,20,24). The van der Waals surface area contributed by atoms with E-state index in [9.17, 15) is 9.90 Å². The van der Waals surface area contributed by atoms with E-state index in [2.05, 4.69) is 26.8 Å². The summed E-state index contributed by atoms with van der Waals surface area (Å²) in [6.07, 6.45) is 1.47. The first-order chi connectivity index (χ1) is 12.1. The lowest BCUT2D eigenvalue weighted by atomic mass is 10.0. The summed E-state index contributed by atoms with van der Waals surface area (Å²) in [6.45, 7) is 4.85. The molecule has 0 saturated carbocycles. The second-order valence-electron chi connectivity index (χ2n) is 6.42. The number of likely N-dealkylation sites (tertiary alicyclic amines) is 1. The maximum absolute atomic E-state index is 12.0. The van der Waals surface area contributed by atoms with Crippen LogP contribution >= 0.6 is 0 Å². The van der Waals surface area contributed by atoms with Gasteiger partial charge in [0.05, 0.1) is 11.8 Å². The van der Waals surface area contributed by atoms with E-state index in [-0.39, 0.29) is 12.1 Å². The Morgan fingerprint density at radius 2 is 2.04 bits per heavy atom. The molecule has 3 rings (SSSR count). The van der Waals surface area contributed by atoms with E-state index in [0.717, 1.165) is 38.0 Å². The highest BCUT2D eigenvalue weighted by Crippen LogP contribution is 2.16. The number of nitrogens with one attached hydrogen (secondary N) is 2. The molecule has 0 aliphatic carbocycles. The van der Waals surface area contributed by atoms with E-state index in [1.165, 1.54) is 5.56 Å². The Bertz CT molecular complexity index is 708. The fourth-order valence-electron chi connectivity index (χ4n) is 2.96. The van der Waals surface area contributed by atoms with Crippen LogP contribution in [0.3, 0.4) is 0 Å². The molecule has 0 atom stereocenters. The summed E-state index contributed by atoms with van der Waals surface area (Å²) in [5.41, 5.74) is 2.99. The Hall–Kier alpha value is -2.38. The lowest BCUT2D eigenvalue weighted by Gasteiger charge is -2.30. The Labute approximate surface area is 147 Å². The number of piperidine rings is 1. The molecule has 1 aromatic heterocycles. The number of rotatable bonds is 5. The number of urea groups is 1. The molecule has 7 nitrogen and oxygen atoms in total. The van der Waals surface area contributed by atoms with Crippen LogP contribution in [0.15, 0.2) is 34.9 Å². The quantitative estimate of drug-likeness (QED) is 0.774.